The summed E-state index contributed by atoms with van der Waals surface area (Å²) < 4.78 is 27.3. The van der Waals surface area contributed by atoms with E-state index >= 15 is 0 Å². The lowest BCUT2D eigenvalue weighted by molar-refractivity contribution is 0.346. The van der Waals surface area contributed by atoms with Gasteiger partial charge in [0.05, 0.1) is 25.7 Å². The number of thiocarbonyl (C=S) groups is 1. The first-order chi connectivity index (χ1) is 13.3. The smallest absolute Gasteiger partial charge is 0.243 e. The van der Waals surface area contributed by atoms with Gasteiger partial charge in [-0.05, 0) is 61.5 Å². The van der Waals surface area contributed by atoms with Crippen molar-refractivity contribution in [3.8, 4) is 0 Å². The van der Waals surface area contributed by atoms with E-state index in [4.69, 9.17) is 47.0 Å². The minimum absolute atomic E-state index is 0.179. The molecule has 0 aromatic heterocycles. The van der Waals surface area contributed by atoms with E-state index in [0.717, 1.165) is 19.3 Å². The van der Waals surface area contributed by atoms with Crippen molar-refractivity contribution in [2.24, 2.45) is 0 Å². The fourth-order valence-electron chi connectivity index (χ4n) is 2.87. The monoisotopic (exact) mass is 477 g/mol. The van der Waals surface area contributed by atoms with Crippen LogP contribution in [-0.4, -0.2) is 30.9 Å². The molecule has 1 fully saturated rings. The van der Waals surface area contributed by atoms with Gasteiger partial charge in [-0.2, -0.15) is 4.31 Å². The molecule has 1 heterocycles. The summed E-state index contributed by atoms with van der Waals surface area (Å²) in [6.45, 7) is 1.07. The van der Waals surface area contributed by atoms with Gasteiger partial charge in [0.2, 0.25) is 10.0 Å². The molecule has 2 aromatic carbocycles. The first-order valence-electron chi connectivity index (χ1n) is 8.60. The first kappa shape index (κ1) is 21.6. The Morgan fingerprint density at radius 2 is 1.57 bits per heavy atom. The summed E-state index contributed by atoms with van der Waals surface area (Å²) in [6.07, 6.45) is 2.79. The molecule has 0 amide bonds. The van der Waals surface area contributed by atoms with Crippen molar-refractivity contribution in [3.63, 3.8) is 0 Å². The zero-order chi connectivity index (χ0) is 20.3. The Labute approximate surface area is 185 Å². The third kappa shape index (κ3) is 5.09. The standard InChI is InChI=1S/C18H18Cl3N3O2S2/c19-14-6-4-12(10-16(14)21)22-18(27)23-17-11-13(5-7-15(17)20)28(25,26)24-8-2-1-3-9-24/h4-7,10-11H,1-3,8-9H2,(H2,22,23,27). The number of anilines is 2. The maximum Gasteiger partial charge on any atom is 0.243 e. The van der Waals surface area contributed by atoms with Gasteiger partial charge in [-0.1, -0.05) is 41.2 Å². The zero-order valence-corrected chi connectivity index (χ0v) is 18.6. The number of nitrogens with one attached hydrogen (secondary N) is 2. The molecule has 28 heavy (non-hydrogen) atoms. The molecule has 0 unspecified atom stereocenters. The lowest BCUT2D eigenvalue weighted by Gasteiger charge is -2.26. The van der Waals surface area contributed by atoms with E-state index in [-0.39, 0.29) is 10.0 Å². The predicted molar refractivity (Wildman–Crippen MR) is 120 cm³/mol. The maximum absolute atomic E-state index is 12.9. The molecule has 150 valence electrons. The Hall–Kier alpha value is -1.09. The van der Waals surface area contributed by atoms with Crippen molar-refractivity contribution in [1.82, 2.24) is 4.31 Å². The molecule has 3 rings (SSSR count). The van der Waals surface area contributed by atoms with E-state index in [0.29, 0.717) is 39.5 Å². The molecule has 2 aromatic rings. The van der Waals surface area contributed by atoms with Crippen LogP contribution in [0.1, 0.15) is 19.3 Å². The van der Waals surface area contributed by atoms with Crippen molar-refractivity contribution >= 4 is 73.5 Å². The molecule has 0 spiro atoms. The molecule has 1 saturated heterocycles. The van der Waals surface area contributed by atoms with Crippen molar-refractivity contribution in [3.05, 3.63) is 51.5 Å². The molecular weight excluding hydrogens is 461 g/mol. The highest BCUT2D eigenvalue weighted by Gasteiger charge is 2.26. The van der Waals surface area contributed by atoms with Crippen LogP contribution in [-0.2, 0) is 10.0 Å². The second-order valence-electron chi connectivity index (χ2n) is 6.31. The fraction of sp³-hybridized carbons (Fsp3) is 0.278. The number of hydrogen-bond acceptors (Lipinski definition) is 3. The molecule has 5 nitrogen and oxygen atoms in total. The highest BCUT2D eigenvalue weighted by molar-refractivity contribution is 7.89. The summed E-state index contributed by atoms with van der Waals surface area (Å²) in [7, 11) is -3.57. The summed E-state index contributed by atoms with van der Waals surface area (Å²) in [5.74, 6) is 0. The molecule has 0 atom stereocenters. The van der Waals surface area contributed by atoms with E-state index < -0.39 is 10.0 Å². The van der Waals surface area contributed by atoms with Gasteiger partial charge in [-0.25, -0.2) is 8.42 Å². The number of benzene rings is 2. The Bertz CT molecular complexity index is 994. The van der Waals surface area contributed by atoms with Gasteiger partial charge >= 0.3 is 0 Å². The number of halogens is 3. The number of nitrogens with zero attached hydrogens (tertiary/aromatic N) is 1. The Kier molecular flexibility index (Phi) is 7.07. The van der Waals surface area contributed by atoms with E-state index in [1.165, 1.54) is 16.4 Å². The van der Waals surface area contributed by atoms with Crippen molar-refractivity contribution in [1.29, 1.82) is 0 Å². The minimum Gasteiger partial charge on any atom is -0.332 e. The molecule has 1 aliphatic heterocycles. The van der Waals surface area contributed by atoms with Gasteiger partial charge in [0.25, 0.3) is 0 Å². The molecule has 0 radical (unpaired) electrons. The van der Waals surface area contributed by atoms with Crippen LogP contribution in [0.4, 0.5) is 11.4 Å². The molecule has 2 N–H and O–H groups in total. The summed E-state index contributed by atoms with van der Waals surface area (Å²) in [5.41, 5.74) is 1.04. The van der Waals surface area contributed by atoms with E-state index in [1.54, 1.807) is 24.3 Å². The largest absolute Gasteiger partial charge is 0.332 e. The number of sulfonamides is 1. The van der Waals surface area contributed by atoms with Crippen LogP contribution in [0, 0.1) is 0 Å². The highest BCUT2D eigenvalue weighted by Crippen LogP contribution is 2.29. The first-order valence-corrected chi connectivity index (χ1v) is 11.6. The molecule has 0 aliphatic carbocycles. The lowest BCUT2D eigenvalue weighted by Crippen LogP contribution is -2.35. The highest BCUT2D eigenvalue weighted by atomic mass is 35.5. The SMILES string of the molecule is O=S(=O)(c1ccc(Cl)c(NC(=S)Nc2ccc(Cl)c(Cl)c2)c1)N1CCCCC1. The van der Waals surface area contributed by atoms with Crippen LogP contribution in [0.2, 0.25) is 15.1 Å². The molecule has 1 aliphatic rings. The number of piperidine rings is 1. The number of rotatable bonds is 4. The van der Waals surface area contributed by atoms with E-state index in [1.807, 2.05) is 0 Å². The van der Waals surface area contributed by atoms with Crippen molar-refractivity contribution in [2.75, 3.05) is 23.7 Å². The van der Waals surface area contributed by atoms with Gasteiger partial charge in [-0.3, -0.25) is 0 Å². The van der Waals surface area contributed by atoms with E-state index in [2.05, 4.69) is 10.6 Å². The Morgan fingerprint density at radius 3 is 2.25 bits per heavy atom. The quantitative estimate of drug-likeness (QED) is 0.558. The summed E-state index contributed by atoms with van der Waals surface area (Å²) in [6, 6.07) is 9.55. The molecule has 0 saturated carbocycles. The molecular formula is C18H18Cl3N3O2S2. The average Bonchev–Trinajstić information content (AvgIpc) is 2.67. The summed E-state index contributed by atoms with van der Waals surface area (Å²) >= 11 is 23.4. The van der Waals surface area contributed by atoms with Crippen LogP contribution in [0.15, 0.2) is 41.3 Å². The third-order valence-corrected chi connectivity index (χ3v) is 7.48. The predicted octanol–water partition coefficient (Wildman–Crippen LogP) is 5.63. The van der Waals surface area contributed by atoms with Gasteiger partial charge < -0.3 is 10.6 Å². The van der Waals surface area contributed by atoms with Gasteiger partial charge in [-0.15, -0.1) is 0 Å². The van der Waals surface area contributed by atoms with Gasteiger partial charge in [0, 0.05) is 18.8 Å². The second kappa shape index (κ2) is 9.15. The Morgan fingerprint density at radius 1 is 0.893 bits per heavy atom. The Balaban J connectivity index is 1.77. The number of hydrogen-bond donors (Lipinski definition) is 2. The van der Waals surface area contributed by atoms with Crippen LogP contribution in [0.5, 0.6) is 0 Å². The van der Waals surface area contributed by atoms with Gasteiger partial charge in [0.15, 0.2) is 5.11 Å². The topological polar surface area (TPSA) is 61.4 Å². The lowest BCUT2D eigenvalue weighted by atomic mass is 10.2. The van der Waals surface area contributed by atoms with E-state index in [9.17, 15) is 8.42 Å². The molecule has 0 bridgehead atoms. The average molecular weight is 479 g/mol. The minimum atomic E-state index is -3.57. The van der Waals surface area contributed by atoms with Crippen LogP contribution in [0.3, 0.4) is 0 Å². The summed E-state index contributed by atoms with van der Waals surface area (Å²) in [5, 5.41) is 7.33. The third-order valence-electron chi connectivity index (χ3n) is 4.32. The van der Waals surface area contributed by atoms with Crippen molar-refractivity contribution < 1.29 is 8.42 Å². The maximum atomic E-state index is 12.9. The summed E-state index contributed by atoms with van der Waals surface area (Å²) in [4.78, 5) is 0.179. The van der Waals surface area contributed by atoms with Crippen molar-refractivity contribution in [2.45, 2.75) is 24.2 Å². The molecule has 10 heteroatoms. The van der Waals surface area contributed by atoms with Crippen LogP contribution < -0.4 is 10.6 Å². The fourth-order valence-corrected chi connectivity index (χ4v) is 5.11. The van der Waals surface area contributed by atoms with Crippen LogP contribution in [0.25, 0.3) is 0 Å². The van der Waals surface area contributed by atoms with Gasteiger partial charge in [0.1, 0.15) is 0 Å². The second-order valence-corrected chi connectivity index (χ2v) is 9.88. The zero-order valence-electron chi connectivity index (χ0n) is 14.7. The normalized spacial score (nSPS) is 15.2. The van der Waals surface area contributed by atoms with Crippen LogP contribution >= 0.6 is 47.0 Å².